The molecule has 2 saturated heterocycles. The van der Waals surface area contributed by atoms with Gasteiger partial charge < -0.3 is 14.5 Å². The summed E-state index contributed by atoms with van der Waals surface area (Å²) < 4.78 is 5.19. The number of amides is 2. The Morgan fingerprint density at radius 2 is 1.72 bits per heavy atom. The molecule has 2 heterocycles. The minimum absolute atomic E-state index is 0.145. The Morgan fingerprint density at radius 1 is 1.07 bits per heavy atom. The van der Waals surface area contributed by atoms with Crippen LogP contribution in [0.4, 0.5) is 0 Å². The normalized spacial score (nSPS) is 19.0. The minimum Gasteiger partial charge on any atom is -0.497 e. The summed E-state index contributed by atoms with van der Waals surface area (Å²) in [5.74, 6) is 1.07. The van der Waals surface area contributed by atoms with Gasteiger partial charge in [-0.25, -0.2) is 0 Å². The van der Waals surface area contributed by atoms with Crippen LogP contribution in [0.25, 0.3) is 0 Å². The highest BCUT2D eigenvalue weighted by molar-refractivity contribution is 5.89. The van der Waals surface area contributed by atoms with Gasteiger partial charge in [0.25, 0.3) is 0 Å². The summed E-state index contributed by atoms with van der Waals surface area (Å²) in [5.41, 5.74) is 1.89. The molecule has 0 aromatic heterocycles. The van der Waals surface area contributed by atoms with Crippen molar-refractivity contribution in [3.63, 3.8) is 0 Å². The van der Waals surface area contributed by atoms with E-state index in [4.69, 9.17) is 4.74 Å². The number of likely N-dealkylation sites (tertiary alicyclic amines) is 2. The van der Waals surface area contributed by atoms with Crippen molar-refractivity contribution in [2.45, 2.75) is 32.2 Å². The first-order valence-electron chi connectivity index (χ1n) is 10.3. The van der Waals surface area contributed by atoms with E-state index in [1.54, 1.807) is 7.11 Å². The monoisotopic (exact) mass is 392 g/mol. The number of benzene rings is 2. The van der Waals surface area contributed by atoms with Gasteiger partial charge >= 0.3 is 0 Å². The van der Waals surface area contributed by atoms with Gasteiger partial charge in [-0.05, 0) is 43.0 Å². The number of nitrogens with zero attached hydrogens (tertiary/aromatic N) is 2. The lowest BCUT2D eigenvalue weighted by molar-refractivity contribution is -0.168. The average molecular weight is 392 g/mol. The van der Waals surface area contributed by atoms with Crippen LogP contribution < -0.4 is 4.74 Å². The van der Waals surface area contributed by atoms with E-state index in [0.29, 0.717) is 19.6 Å². The number of hydrogen-bond donors (Lipinski definition) is 0. The lowest BCUT2D eigenvalue weighted by atomic mass is 9.70. The highest BCUT2D eigenvalue weighted by Gasteiger charge is 2.53. The predicted octanol–water partition coefficient (Wildman–Crippen LogP) is 3.45. The first-order valence-corrected chi connectivity index (χ1v) is 10.3. The lowest BCUT2D eigenvalue weighted by Crippen LogP contribution is -2.64. The third-order valence-electron chi connectivity index (χ3n) is 6.47. The fourth-order valence-electron chi connectivity index (χ4n) is 4.51. The first kappa shape index (κ1) is 19.5. The van der Waals surface area contributed by atoms with Gasteiger partial charge in [-0.1, -0.05) is 42.5 Å². The van der Waals surface area contributed by atoms with Gasteiger partial charge in [0, 0.05) is 26.2 Å². The van der Waals surface area contributed by atoms with E-state index in [2.05, 4.69) is 0 Å². The SMILES string of the molecule is COc1ccc(CN2CC3(CCN(C(=O)C(C)c4ccccc4)CC3)C2=O)cc1. The van der Waals surface area contributed by atoms with E-state index in [1.165, 1.54) is 0 Å². The Bertz CT molecular complexity index is 871. The van der Waals surface area contributed by atoms with Gasteiger partial charge in [0.1, 0.15) is 5.75 Å². The van der Waals surface area contributed by atoms with Crippen LogP contribution in [0.1, 0.15) is 36.8 Å². The number of ether oxygens (including phenoxy) is 1. The molecule has 152 valence electrons. The number of carbonyl (C=O) groups excluding carboxylic acids is 2. The molecule has 0 N–H and O–H groups in total. The summed E-state index contributed by atoms with van der Waals surface area (Å²) in [4.78, 5) is 29.6. The summed E-state index contributed by atoms with van der Waals surface area (Å²) in [7, 11) is 1.65. The van der Waals surface area contributed by atoms with Crippen molar-refractivity contribution >= 4 is 11.8 Å². The van der Waals surface area contributed by atoms with E-state index in [9.17, 15) is 9.59 Å². The summed E-state index contributed by atoms with van der Waals surface area (Å²) in [6, 6.07) is 17.8. The molecule has 29 heavy (non-hydrogen) atoms. The average Bonchev–Trinajstić information content (AvgIpc) is 2.79. The summed E-state index contributed by atoms with van der Waals surface area (Å²) >= 11 is 0. The quantitative estimate of drug-likeness (QED) is 0.733. The van der Waals surface area contributed by atoms with Crippen molar-refractivity contribution in [2.24, 2.45) is 5.41 Å². The molecular formula is C24H28N2O3. The fraction of sp³-hybridized carbons (Fsp3) is 0.417. The molecule has 4 rings (SSSR count). The zero-order valence-electron chi connectivity index (χ0n) is 17.1. The molecule has 0 radical (unpaired) electrons. The molecule has 2 fully saturated rings. The maximum Gasteiger partial charge on any atom is 0.231 e. The molecule has 0 saturated carbocycles. The molecule has 2 aromatic rings. The van der Waals surface area contributed by atoms with Crippen LogP contribution in [0.2, 0.25) is 0 Å². The molecule has 2 aliphatic rings. The second-order valence-corrected chi connectivity index (χ2v) is 8.25. The largest absolute Gasteiger partial charge is 0.497 e. The Balaban J connectivity index is 1.31. The molecule has 0 aliphatic carbocycles. The third-order valence-corrected chi connectivity index (χ3v) is 6.47. The van der Waals surface area contributed by atoms with Gasteiger partial charge in [-0.2, -0.15) is 0 Å². The highest BCUT2D eigenvalue weighted by Crippen LogP contribution is 2.42. The Morgan fingerprint density at radius 3 is 2.31 bits per heavy atom. The Labute approximate surface area is 172 Å². The zero-order chi connectivity index (χ0) is 20.4. The molecule has 5 nitrogen and oxygen atoms in total. The minimum atomic E-state index is -0.265. The number of methoxy groups -OCH3 is 1. The first-order chi connectivity index (χ1) is 14.0. The second-order valence-electron chi connectivity index (χ2n) is 8.25. The van der Waals surface area contributed by atoms with Crippen LogP contribution in [0.15, 0.2) is 54.6 Å². The number of β-lactam (4-membered cyclic amide) rings is 1. The fourth-order valence-corrected chi connectivity index (χ4v) is 4.51. The van der Waals surface area contributed by atoms with Crippen LogP contribution >= 0.6 is 0 Å². The van der Waals surface area contributed by atoms with Crippen LogP contribution in [-0.4, -0.2) is 48.4 Å². The predicted molar refractivity (Wildman–Crippen MR) is 112 cm³/mol. The zero-order valence-corrected chi connectivity index (χ0v) is 17.1. The molecular weight excluding hydrogens is 364 g/mol. The van der Waals surface area contributed by atoms with Crippen molar-refractivity contribution in [1.82, 2.24) is 9.80 Å². The topological polar surface area (TPSA) is 49.9 Å². The maximum absolute atomic E-state index is 12.9. The van der Waals surface area contributed by atoms with E-state index in [1.807, 2.05) is 71.3 Å². The molecule has 2 aliphatic heterocycles. The smallest absolute Gasteiger partial charge is 0.231 e. The molecule has 0 bridgehead atoms. The van der Waals surface area contributed by atoms with Crippen molar-refractivity contribution in [2.75, 3.05) is 26.7 Å². The number of piperidine rings is 1. The van der Waals surface area contributed by atoms with Gasteiger partial charge in [0.15, 0.2) is 0 Å². The molecule has 1 spiro atoms. The van der Waals surface area contributed by atoms with Crippen LogP contribution in [0.3, 0.4) is 0 Å². The van der Waals surface area contributed by atoms with E-state index >= 15 is 0 Å². The highest BCUT2D eigenvalue weighted by atomic mass is 16.5. The molecule has 2 aromatic carbocycles. The van der Waals surface area contributed by atoms with E-state index in [-0.39, 0.29) is 23.1 Å². The lowest BCUT2D eigenvalue weighted by Gasteiger charge is -2.52. The van der Waals surface area contributed by atoms with Gasteiger partial charge in [-0.3, -0.25) is 9.59 Å². The van der Waals surface area contributed by atoms with Crippen molar-refractivity contribution in [3.8, 4) is 5.75 Å². The van der Waals surface area contributed by atoms with Gasteiger partial charge in [0.05, 0.1) is 18.4 Å². The van der Waals surface area contributed by atoms with Crippen molar-refractivity contribution in [1.29, 1.82) is 0 Å². The van der Waals surface area contributed by atoms with Crippen molar-refractivity contribution < 1.29 is 14.3 Å². The van der Waals surface area contributed by atoms with E-state index in [0.717, 1.165) is 36.3 Å². The standard InChI is InChI=1S/C24H28N2O3/c1-18(20-6-4-3-5-7-20)22(27)25-14-12-24(13-15-25)17-26(23(24)28)16-19-8-10-21(29-2)11-9-19/h3-11,18H,12-17H2,1-2H3. The molecule has 2 amide bonds. The van der Waals surface area contributed by atoms with E-state index < -0.39 is 0 Å². The molecule has 5 heteroatoms. The number of rotatable bonds is 5. The Kier molecular flexibility index (Phi) is 5.31. The summed E-state index contributed by atoms with van der Waals surface area (Å²) in [6.45, 7) is 4.72. The van der Waals surface area contributed by atoms with Gasteiger partial charge in [0.2, 0.25) is 11.8 Å². The summed E-state index contributed by atoms with van der Waals surface area (Å²) in [6.07, 6.45) is 1.52. The van der Waals surface area contributed by atoms with Crippen LogP contribution in [-0.2, 0) is 16.1 Å². The number of carbonyl (C=O) groups is 2. The third kappa shape index (κ3) is 3.74. The number of hydrogen-bond acceptors (Lipinski definition) is 3. The van der Waals surface area contributed by atoms with Crippen LogP contribution in [0.5, 0.6) is 5.75 Å². The molecule has 1 unspecified atom stereocenters. The summed E-state index contributed by atoms with van der Waals surface area (Å²) in [5, 5.41) is 0. The molecule has 1 atom stereocenters. The maximum atomic E-state index is 12.9. The second kappa shape index (κ2) is 7.90. The Hall–Kier alpha value is -2.82. The van der Waals surface area contributed by atoms with Gasteiger partial charge in [-0.15, -0.1) is 0 Å². The van der Waals surface area contributed by atoms with Crippen molar-refractivity contribution in [3.05, 3.63) is 65.7 Å². The van der Waals surface area contributed by atoms with Crippen LogP contribution in [0, 0.1) is 5.41 Å².